The Hall–Kier alpha value is -1.72. The number of thiophene rings is 1. The van der Waals surface area contributed by atoms with Gasteiger partial charge >= 0.3 is 0 Å². The smallest absolute Gasteiger partial charge is 0.255 e. The van der Waals surface area contributed by atoms with E-state index in [0.717, 1.165) is 15.6 Å². The van der Waals surface area contributed by atoms with Crippen LogP contribution in [0.4, 0.5) is 5.69 Å². The van der Waals surface area contributed by atoms with E-state index in [4.69, 9.17) is 22.1 Å². The predicted molar refractivity (Wildman–Crippen MR) is 77.8 cm³/mol. The highest BCUT2D eigenvalue weighted by Gasteiger charge is 2.01. The summed E-state index contributed by atoms with van der Waals surface area (Å²) in [4.78, 5) is 11.8. The first-order valence-electron chi connectivity index (χ1n) is 5.61. The van der Waals surface area contributed by atoms with Crippen molar-refractivity contribution in [1.82, 2.24) is 0 Å². The van der Waals surface area contributed by atoms with E-state index in [1.54, 1.807) is 17.4 Å². The van der Waals surface area contributed by atoms with Crippen LogP contribution in [0.15, 0.2) is 35.7 Å². The number of halogens is 1. The Bertz CT molecular complexity index is 571. The Morgan fingerprint density at radius 2 is 2.26 bits per heavy atom. The molecule has 0 saturated carbocycles. The number of carbonyl (C=O) groups is 1. The SMILES string of the molecule is NC(=O)COc1cccc(NCc2cc(Cl)cs2)c1. The highest BCUT2D eigenvalue weighted by molar-refractivity contribution is 7.10. The van der Waals surface area contributed by atoms with Gasteiger partial charge in [-0.1, -0.05) is 17.7 Å². The Morgan fingerprint density at radius 1 is 1.42 bits per heavy atom. The zero-order chi connectivity index (χ0) is 13.7. The van der Waals surface area contributed by atoms with Gasteiger partial charge in [0.05, 0.1) is 5.02 Å². The van der Waals surface area contributed by atoms with Crippen molar-refractivity contribution in [3.8, 4) is 5.75 Å². The molecule has 1 amide bonds. The van der Waals surface area contributed by atoms with Crippen LogP contribution in [0.25, 0.3) is 0 Å². The second kappa shape index (κ2) is 6.45. The number of amides is 1. The van der Waals surface area contributed by atoms with E-state index in [2.05, 4.69) is 5.32 Å². The third kappa shape index (κ3) is 4.46. The highest BCUT2D eigenvalue weighted by Crippen LogP contribution is 2.22. The van der Waals surface area contributed by atoms with Gasteiger partial charge in [0.1, 0.15) is 5.75 Å². The standard InChI is InChI=1S/C13H13ClN2O2S/c14-9-4-12(19-8-9)6-16-10-2-1-3-11(5-10)18-7-13(15)17/h1-5,8,16H,6-7H2,(H2,15,17). The molecule has 0 fully saturated rings. The lowest BCUT2D eigenvalue weighted by Crippen LogP contribution is -2.20. The molecule has 6 heteroatoms. The van der Waals surface area contributed by atoms with Gasteiger partial charge in [-0.3, -0.25) is 4.79 Å². The Balaban J connectivity index is 1.93. The Labute approximate surface area is 120 Å². The third-order valence-corrected chi connectivity index (χ3v) is 3.59. The molecule has 0 saturated heterocycles. The summed E-state index contributed by atoms with van der Waals surface area (Å²) in [6, 6.07) is 9.29. The minimum atomic E-state index is -0.494. The van der Waals surface area contributed by atoms with E-state index in [9.17, 15) is 4.79 Å². The molecule has 0 bridgehead atoms. The first-order chi connectivity index (χ1) is 9.13. The van der Waals surface area contributed by atoms with E-state index in [1.807, 2.05) is 29.6 Å². The van der Waals surface area contributed by atoms with Gasteiger partial charge in [0.25, 0.3) is 5.91 Å². The van der Waals surface area contributed by atoms with Crippen LogP contribution in [0, 0.1) is 0 Å². The van der Waals surface area contributed by atoms with Crippen LogP contribution in [-0.4, -0.2) is 12.5 Å². The summed E-state index contributed by atoms with van der Waals surface area (Å²) >= 11 is 7.46. The molecule has 0 aliphatic heterocycles. The Kier molecular flexibility index (Phi) is 4.65. The van der Waals surface area contributed by atoms with Crippen molar-refractivity contribution >= 4 is 34.5 Å². The summed E-state index contributed by atoms with van der Waals surface area (Å²) in [6.07, 6.45) is 0. The van der Waals surface area contributed by atoms with Crippen LogP contribution in [0.2, 0.25) is 5.02 Å². The molecular weight excluding hydrogens is 284 g/mol. The molecule has 100 valence electrons. The van der Waals surface area contributed by atoms with Gasteiger partial charge in [0.2, 0.25) is 0 Å². The van der Waals surface area contributed by atoms with Crippen LogP contribution >= 0.6 is 22.9 Å². The summed E-state index contributed by atoms with van der Waals surface area (Å²) in [5.41, 5.74) is 5.93. The molecule has 0 radical (unpaired) electrons. The van der Waals surface area contributed by atoms with E-state index in [1.165, 1.54) is 0 Å². The van der Waals surface area contributed by atoms with Gasteiger partial charge in [0, 0.05) is 28.6 Å². The molecule has 3 N–H and O–H groups in total. The third-order valence-electron chi connectivity index (χ3n) is 2.30. The van der Waals surface area contributed by atoms with Crippen molar-refractivity contribution in [2.45, 2.75) is 6.54 Å². The average Bonchev–Trinajstić information content (AvgIpc) is 2.80. The monoisotopic (exact) mass is 296 g/mol. The molecule has 2 aromatic rings. The van der Waals surface area contributed by atoms with Crippen molar-refractivity contribution in [3.05, 3.63) is 45.6 Å². The largest absolute Gasteiger partial charge is 0.484 e. The van der Waals surface area contributed by atoms with E-state index in [-0.39, 0.29) is 6.61 Å². The van der Waals surface area contributed by atoms with E-state index < -0.39 is 5.91 Å². The van der Waals surface area contributed by atoms with Gasteiger partial charge in [-0.25, -0.2) is 0 Å². The van der Waals surface area contributed by atoms with Crippen molar-refractivity contribution in [3.63, 3.8) is 0 Å². The first kappa shape index (κ1) is 13.7. The number of carbonyl (C=O) groups excluding carboxylic acids is 1. The number of ether oxygens (including phenoxy) is 1. The number of nitrogens with two attached hydrogens (primary N) is 1. The fourth-order valence-corrected chi connectivity index (χ4v) is 2.50. The molecule has 0 unspecified atom stereocenters. The maximum atomic E-state index is 10.6. The van der Waals surface area contributed by atoms with Crippen molar-refractivity contribution in [2.75, 3.05) is 11.9 Å². The number of primary amides is 1. The molecule has 0 aliphatic rings. The molecule has 1 heterocycles. The number of nitrogens with one attached hydrogen (secondary N) is 1. The molecule has 19 heavy (non-hydrogen) atoms. The maximum absolute atomic E-state index is 10.6. The normalized spacial score (nSPS) is 10.2. The minimum absolute atomic E-state index is 0.121. The number of hydrogen-bond acceptors (Lipinski definition) is 4. The lowest BCUT2D eigenvalue weighted by Gasteiger charge is -2.08. The van der Waals surface area contributed by atoms with Crippen molar-refractivity contribution in [2.24, 2.45) is 5.73 Å². The zero-order valence-corrected chi connectivity index (χ0v) is 11.6. The zero-order valence-electron chi connectivity index (χ0n) is 10.1. The molecule has 0 atom stereocenters. The summed E-state index contributed by atoms with van der Waals surface area (Å²) < 4.78 is 5.23. The van der Waals surface area contributed by atoms with E-state index >= 15 is 0 Å². The molecule has 1 aromatic carbocycles. The summed E-state index contributed by atoms with van der Waals surface area (Å²) in [7, 11) is 0. The summed E-state index contributed by atoms with van der Waals surface area (Å²) in [5.74, 6) is 0.111. The molecular formula is C13H13ClN2O2S. The topological polar surface area (TPSA) is 64.4 Å². The second-order valence-corrected chi connectivity index (χ2v) is 5.30. The van der Waals surface area contributed by atoms with Crippen LogP contribution < -0.4 is 15.8 Å². The van der Waals surface area contributed by atoms with Gasteiger partial charge < -0.3 is 15.8 Å². The van der Waals surface area contributed by atoms with Crippen molar-refractivity contribution < 1.29 is 9.53 Å². The van der Waals surface area contributed by atoms with Crippen LogP contribution in [0.5, 0.6) is 5.75 Å². The fourth-order valence-electron chi connectivity index (χ4n) is 1.49. The number of anilines is 1. The van der Waals surface area contributed by atoms with Crippen LogP contribution in [0.3, 0.4) is 0 Å². The molecule has 1 aromatic heterocycles. The lowest BCUT2D eigenvalue weighted by molar-refractivity contribution is -0.119. The van der Waals surface area contributed by atoms with Gasteiger partial charge in [0.15, 0.2) is 6.61 Å². The Morgan fingerprint density at radius 3 is 2.95 bits per heavy atom. The highest BCUT2D eigenvalue weighted by atomic mass is 35.5. The number of benzene rings is 1. The lowest BCUT2D eigenvalue weighted by atomic mass is 10.3. The maximum Gasteiger partial charge on any atom is 0.255 e. The molecule has 0 aliphatic carbocycles. The van der Waals surface area contributed by atoms with Gasteiger partial charge in [-0.2, -0.15) is 0 Å². The predicted octanol–water partition coefficient (Wildman–Crippen LogP) is 2.88. The first-order valence-corrected chi connectivity index (χ1v) is 6.87. The van der Waals surface area contributed by atoms with E-state index in [0.29, 0.717) is 12.3 Å². The molecule has 2 rings (SSSR count). The van der Waals surface area contributed by atoms with Crippen molar-refractivity contribution in [1.29, 1.82) is 0 Å². The summed E-state index contributed by atoms with van der Waals surface area (Å²) in [6.45, 7) is 0.570. The minimum Gasteiger partial charge on any atom is -0.484 e. The van der Waals surface area contributed by atoms with Crippen LogP contribution in [-0.2, 0) is 11.3 Å². The molecule has 4 nitrogen and oxygen atoms in total. The number of hydrogen-bond donors (Lipinski definition) is 2. The average molecular weight is 297 g/mol. The van der Waals surface area contributed by atoms with Gasteiger partial charge in [-0.15, -0.1) is 11.3 Å². The van der Waals surface area contributed by atoms with Gasteiger partial charge in [-0.05, 0) is 18.2 Å². The second-order valence-electron chi connectivity index (χ2n) is 3.87. The number of rotatable bonds is 6. The molecule has 0 spiro atoms. The van der Waals surface area contributed by atoms with Crippen LogP contribution in [0.1, 0.15) is 4.88 Å². The fraction of sp³-hybridized carbons (Fsp3) is 0.154. The quantitative estimate of drug-likeness (QED) is 0.861. The summed E-state index contributed by atoms with van der Waals surface area (Å²) in [5, 5.41) is 5.90.